The molecule has 0 bridgehead atoms. The van der Waals surface area contributed by atoms with Gasteiger partial charge in [0, 0.05) is 11.4 Å². The highest BCUT2D eigenvalue weighted by atomic mass is 35.5. The van der Waals surface area contributed by atoms with Crippen LogP contribution in [0.1, 0.15) is 11.3 Å². The molecule has 1 aromatic carbocycles. The van der Waals surface area contributed by atoms with Crippen LogP contribution >= 0.6 is 11.6 Å². The van der Waals surface area contributed by atoms with Crippen molar-refractivity contribution in [1.29, 1.82) is 0 Å². The van der Waals surface area contributed by atoms with Gasteiger partial charge in [0.05, 0.1) is 11.3 Å². The van der Waals surface area contributed by atoms with E-state index in [9.17, 15) is 22.4 Å². The summed E-state index contributed by atoms with van der Waals surface area (Å²) in [5, 5.41) is 4.49. The molecule has 1 heterocycles. The van der Waals surface area contributed by atoms with Gasteiger partial charge >= 0.3 is 12.2 Å². The van der Waals surface area contributed by atoms with Crippen molar-refractivity contribution in [3.8, 4) is 0 Å². The van der Waals surface area contributed by atoms with E-state index in [1.165, 1.54) is 12.1 Å². The van der Waals surface area contributed by atoms with Gasteiger partial charge in [-0.25, -0.2) is 14.2 Å². The van der Waals surface area contributed by atoms with E-state index in [1.807, 2.05) is 5.32 Å². The summed E-state index contributed by atoms with van der Waals surface area (Å²) < 4.78 is 51.6. The molecule has 0 fully saturated rings. The number of benzene rings is 1. The number of pyridine rings is 1. The van der Waals surface area contributed by atoms with E-state index in [0.29, 0.717) is 11.8 Å². The lowest BCUT2D eigenvalue weighted by Crippen LogP contribution is -2.21. The van der Waals surface area contributed by atoms with Crippen LogP contribution in [0.25, 0.3) is 0 Å². The van der Waals surface area contributed by atoms with E-state index >= 15 is 0 Å². The minimum absolute atomic E-state index is 0.130. The first kappa shape index (κ1) is 17.0. The molecule has 0 spiro atoms. The molecule has 0 aliphatic rings. The van der Waals surface area contributed by atoms with Gasteiger partial charge in [0.25, 0.3) is 0 Å². The lowest BCUT2D eigenvalue weighted by atomic mass is 10.2. The Bertz CT molecular complexity index is 729. The highest BCUT2D eigenvalue weighted by molar-refractivity contribution is 6.29. The summed E-state index contributed by atoms with van der Waals surface area (Å²) in [5.74, 6) is -1.56. The maximum atomic E-state index is 13.8. The monoisotopic (exact) mass is 347 g/mol. The van der Waals surface area contributed by atoms with Crippen molar-refractivity contribution in [1.82, 2.24) is 4.98 Å². The van der Waals surface area contributed by atoms with Crippen LogP contribution in [0.2, 0.25) is 5.15 Å². The summed E-state index contributed by atoms with van der Waals surface area (Å²) in [4.78, 5) is 15.7. The number of aromatic nitrogens is 1. The quantitative estimate of drug-likeness (QED) is 0.603. The summed E-state index contributed by atoms with van der Waals surface area (Å²) >= 11 is 5.72. The van der Waals surface area contributed by atoms with Crippen LogP contribution in [0.4, 0.5) is 33.7 Å². The number of hydrogen-bond donors (Lipinski definition) is 2. The number of amides is 2. The van der Waals surface area contributed by atoms with Gasteiger partial charge in [0.1, 0.15) is 5.15 Å². The van der Waals surface area contributed by atoms with Crippen molar-refractivity contribution in [2.45, 2.75) is 13.1 Å². The number of carbonyl (C=O) groups is 1. The molecular weight excluding hydrogens is 338 g/mol. The number of carbonyl (C=O) groups excluding carboxylic acids is 1. The summed E-state index contributed by atoms with van der Waals surface area (Å²) in [6.45, 7) is 1.64. The van der Waals surface area contributed by atoms with Gasteiger partial charge in [-0.05, 0) is 31.2 Å². The second-order valence-electron chi connectivity index (χ2n) is 4.56. The zero-order valence-electron chi connectivity index (χ0n) is 11.6. The molecule has 2 amide bonds. The molecule has 122 valence electrons. The number of halogens is 5. The van der Waals surface area contributed by atoms with Crippen LogP contribution < -0.4 is 10.6 Å². The van der Waals surface area contributed by atoms with E-state index in [0.717, 1.165) is 12.1 Å². The predicted molar refractivity (Wildman–Crippen MR) is 78.0 cm³/mol. The predicted octanol–water partition coefficient (Wildman–Crippen LogP) is 4.85. The van der Waals surface area contributed by atoms with E-state index in [1.54, 1.807) is 6.92 Å². The first-order valence-electron chi connectivity index (χ1n) is 6.24. The third-order valence-corrected chi connectivity index (χ3v) is 2.93. The van der Waals surface area contributed by atoms with Crippen molar-refractivity contribution >= 4 is 29.0 Å². The van der Waals surface area contributed by atoms with Gasteiger partial charge in [-0.1, -0.05) is 17.7 Å². The lowest BCUT2D eigenvalue weighted by molar-refractivity contribution is -0.139. The standard InChI is InChI=1S/C14H10ClF4N3O/c1-7-5-8(6-11(15)20-7)21-13(23)22-10-4-2-3-9(12(10)16)14(17,18)19/h2-6H,1H3,(H2,20,21,22,23). The molecule has 2 N–H and O–H groups in total. The molecule has 0 aliphatic carbocycles. The van der Waals surface area contributed by atoms with E-state index in [4.69, 9.17) is 11.6 Å². The zero-order chi connectivity index (χ0) is 17.2. The molecule has 2 aromatic rings. The SMILES string of the molecule is Cc1cc(NC(=O)Nc2cccc(C(F)(F)F)c2F)cc(Cl)n1. The number of hydrogen-bond acceptors (Lipinski definition) is 2. The summed E-state index contributed by atoms with van der Waals surface area (Å²) in [5.41, 5.74) is -1.25. The van der Waals surface area contributed by atoms with Crippen molar-refractivity contribution in [2.75, 3.05) is 10.6 Å². The summed E-state index contributed by atoms with van der Waals surface area (Å²) in [7, 11) is 0. The van der Waals surface area contributed by atoms with Crippen molar-refractivity contribution in [3.63, 3.8) is 0 Å². The topological polar surface area (TPSA) is 54.0 Å². The number of nitrogens with one attached hydrogen (secondary N) is 2. The molecule has 0 radical (unpaired) electrons. The Balaban J connectivity index is 2.18. The Labute approximate surface area is 133 Å². The Hall–Kier alpha value is -2.35. The minimum Gasteiger partial charge on any atom is -0.308 e. The molecule has 0 saturated carbocycles. The second-order valence-corrected chi connectivity index (χ2v) is 4.95. The molecule has 4 nitrogen and oxygen atoms in total. The number of aryl methyl sites for hydroxylation is 1. The van der Waals surface area contributed by atoms with Gasteiger partial charge in [0.15, 0.2) is 5.82 Å². The van der Waals surface area contributed by atoms with Crippen molar-refractivity contribution in [3.05, 3.63) is 52.6 Å². The molecule has 23 heavy (non-hydrogen) atoms. The fraction of sp³-hybridized carbons (Fsp3) is 0.143. The van der Waals surface area contributed by atoms with Crippen LogP contribution in [-0.4, -0.2) is 11.0 Å². The minimum atomic E-state index is -4.85. The fourth-order valence-electron chi connectivity index (χ4n) is 1.83. The fourth-order valence-corrected chi connectivity index (χ4v) is 2.08. The average Bonchev–Trinajstić information content (AvgIpc) is 2.38. The number of anilines is 2. The number of nitrogens with zero attached hydrogens (tertiary/aromatic N) is 1. The summed E-state index contributed by atoms with van der Waals surface area (Å²) in [6.07, 6.45) is -4.85. The molecule has 9 heteroatoms. The Morgan fingerprint density at radius 3 is 2.52 bits per heavy atom. The van der Waals surface area contributed by atoms with Crippen LogP contribution in [0.3, 0.4) is 0 Å². The Kier molecular flexibility index (Phi) is 4.74. The van der Waals surface area contributed by atoms with E-state index in [2.05, 4.69) is 10.3 Å². The van der Waals surface area contributed by atoms with Crippen molar-refractivity contribution in [2.24, 2.45) is 0 Å². The van der Waals surface area contributed by atoms with Crippen molar-refractivity contribution < 1.29 is 22.4 Å². The van der Waals surface area contributed by atoms with Gasteiger partial charge in [-0.15, -0.1) is 0 Å². The molecule has 1 aromatic heterocycles. The van der Waals surface area contributed by atoms with E-state index < -0.39 is 29.3 Å². The van der Waals surface area contributed by atoms with Gasteiger partial charge in [-0.2, -0.15) is 13.2 Å². The van der Waals surface area contributed by atoms with Gasteiger partial charge in [-0.3, -0.25) is 0 Å². The van der Waals surface area contributed by atoms with Crippen LogP contribution in [-0.2, 0) is 6.18 Å². The number of rotatable bonds is 2. The maximum Gasteiger partial charge on any atom is 0.419 e. The largest absolute Gasteiger partial charge is 0.419 e. The normalized spacial score (nSPS) is 11.2. The second kappa shape index (κ2) is 6.41. The van der Waals surface area contributed by atoms with Crippen LogP contribution in [0.5, 0.6) is 0 Å². The average molecular weight is 348 g/mol. The van der Waals surface area contributed by atoms with Crippen LogP contribution in [0.15, 0.2) is 30.3 Å². The smallest absolute Gasteiger partial charge is 0.308 e. The number of urea groups is 1. The Morgan fingerprint density at radius 1 is 1.22 bits per heavy atom. The third-order valence-electron chi connectivity index (χ3n) is 2.73. The van der Waals surface area contributed by atoms with Crippen LogP contribution in [0, 0.1) is 12.7 Å². The highest BCUT2D eigenvalue weighted by Gasteiger charge is 2.35. The van der Waals surface area contributed by atoms with E-state index in [-0.39, 0.29) is 10.8 Å². The third kappa shape index (κ3) is 4.32. The molecule has 0 unspecified atom stereocenters. The number of alkyl halides is 3. The molecule has 0 aliphatic heterocycles. The zero-order valence-corrected chi connectivity index (χ0v) is 12.4. The first-order chi connectivity index (χ1) is 10.7. The molecule has 0 saturated heterocycles. The molecule has 0 atom stereocenters. The van der Waals surface area contributed by atoms with Gasteiger partial charge in [0.2, 0.25) is 0 Å². The first-order valence-corrected chi connectivity index (χ1v) is 6.62. The maximum absolute atomic E-state index is 13.8. The summed E-state index contributed by atoms with van der Waals surface area (Å²) in [6, 6.07) is 4.53. The van der Waals surface area contributed by atoms with Gasteiger partial charge < -0.3 is 10.6 Å². The molecular formula is C14H10ClF4N3O. The Morgan fingerprint density at radius 2 is 1.91 bits per heavy atom. The lowest BCUT2D eigenvalue weighted by Gasteiger charge is -2.13. The molecule has 2 rings (SSSR count). The highest BCUT2D eigenvalue weighted by Crippen LogP contribution is 2.33.